The van der Waals surface area contributed by atoms with Gasteiger partial charge in [0, 0.05) is 10.6 Å². The van der Waals surface area contributed by atoms with Gasteiger partial charge in [0.05, 0.1) is 23.4 Å². The van der Waals surface area contributed by atoms with E-state index in [4.69, 9.17) is 32.1 Å². The van der Waals surface area contributed by atoms with Crippen molar-refractivity contribution in [1.29, 1.82) is 0 Å². The summed E-state index contributed by atoms with van der Waals surface area (Å²) >= 11 is 12.4. The molecule has 0 bridgehead atoms. The van der Waals surface area contributed by atoms with E-state index < -0.39 is 10.1 Å². The van der Waals surface area contributed by atoms with Crippen LogP contribution in [0.2, 0.25) is 10.0 Å². The maximum absolute atomic E-state index is 13.5. The number of nitrogens with zero attached hydrogens (tertiary/aromatic N) is 2. The van der Waals surface area contributed by atoms with Gasteiger partial charge >= 0.3 is 10.1 Å². The summed E-state index contributed by atoms with van der Waals surface area (Å²) in [5, 5.41) is 6.31. The average molecular weight is 579 g/mol. The van der Waals surface area contributed by atoms with Crippen LogP contribution in [0, 0.1) is 0 Å². The van der Waals surface area contributed by atoms with E-state index in [1.165, 1.54) is 48.5 Å². The van der Waals surface area contributed by atoms with Crippen molar-refractivity contribution < 1.29 is 22.1 Å². The van der Waals surface area contributed by atoms with Gasteiger partial charge in [-0.05, 0) is 60.2 Å². The molecule has 0 fully saturated rings. The van der Waals surface area contributed by atoms with E-state index in [1.54, 1.807) is 18.2 Å². The molecule has 4 aromatic rings. The Bertz CT molecular complexity index is 1710. The number of hydrogen-bond acceptors (Lipinski definition) is 6. The third-order valence-electron chi connectivity index (χ3n) is 5.78. The number of carbonyl (C=O) groups is 1. The predicted octanol–water partition coefficient (Wildman–Crippen LogP) is 6.60. The number of ether oxygens (including phenoxy) is 1. The summed E-state index contributed by atoms with van der Waals surface area (Å²) in [5.41, 5.74) is 2.65. The number of rotatable bonds is 7. The van der Waals surface area contributed by atoms with E-state index in [2.05, 4.69) is 5.10 Å². The van der Waals surface area contributed by atoms with Gasteiger partial charge in [-0.15, -0.1) is 0 Å². The Labute approximate surface area is 235 Å². The highest BCUT2D eigenvalue weighted by Gasteiger charge is 2.32. The van der Waals surface area contributed by atoms with Gasteiger partial charge in [0.15, 0.2) is 5.75 Å². The lowest BCUT2D eigenvalue weighted by molar-refractivity contribution is -0.114. The zero-order valence-electron chi connectivity index (χ0n) is 20.4. The SMILES string of the molecule is COc1cc(/C=C2\C(=O)N(c3ccccc3)N=C2c2ccccc2)cc(Cl)c1OS(=O)(=O)c1ccc(Cl)cc1. The maximum Gasteiger partial charge on any atom is 0.339 e. The number of para-hydroxylation sites is 1. The van der Waals surface area contributed by atoms with Crippen LogP contribution in [0.5, 0.6) is 11.5 Å². The van der Waals surface area contributed by atoms with Crippen LogP contribution < -0.4 is 13.9 Å². The van der Waals surface area contributed by atoms with Crippen molar-refractivity contribution in [2.45, 2.75) is 4.90 Å². The molecule has 0 unspecified atom stereocenters. The first-order valence-electron chi connectivity index (χ1n) is 11.6. The lowest BCUT2D eigenvalue weighted by Crippen LogP contribution is -2.21. The van der Waals surface area contributed by atoms with E-state index in [0.29, 0.717) is 27.6 Å². The summed E-state index contributed by atoms with van der Waals surface area (Å²) in [4.78, 5) is 13.4. The Kier molecular flexibility index (Phi) is 7.43. The number of halogens is 2. The van der Waals surface area contributed by atoms with Crippen LogP contribution in [0.1, 0.15) is 11.1 Å². The predicted molar refractivity (Wildman–Crippen MR) is 152 cm³/mol. The number of carbonyl (C=O) groups excluding carboxylic acids is 1. The second-order valence-corrected chi connectivity index (χ2v) is 10.7. The van der Waals surface area contributed by atoms with E-state index in [-0.39, 0.29) is 27.3 Å². The summed E-state index contributed by atoms with van der Waals surface area (Å²) < 4.78 is 36.5. The normalized spacial score (nSPS) is 14.4. The first kappa shape index (κ1) is 26.5. The van der Waals surface area contributed by atoms with Gasteiger partial charge in [-0.1, -0.05) is 71.7 Å². The molecular weight excluding hydrogens is 559 g/mol. The van der Waals surface area contributed by atoms with Gasteiger partial charge in [-0.3, -0.25) is 4.79 Å². The van der Waals surface area contributed by atoms with Crippen LogP contribution in [0.3, 0.4) is 0 Å². The summed E-state index contributed by atoms with van der Waals surface area (Å²) in [6.45, 7) is 0. The Balaban J connectivity index is 1.55. The highest BCUT2D eigenvalue weighted by molar-refractivity contribution is 7.87. The van der Waals surface area contributed by atoms with Crippen molar-refractivity contribution in [3.8, 4) is 11.5 Å². The Hall–Kier alpha value is -4.11. The monoisotopic (exact) mass is 578 g/mol. The molecule has 1 aliphatic rings. The molecule has 10 heteroatoms. The summed E-state index contributed by atoms with van der Waals surface area (Å²) in [6.07, 6.45) is 1.63. The minimum atomic E-state index is -4.23. The van der Waals surface area contributed by atoms with E-state index in [1.807, 2.05) is 48.5 Å². The maximum atomic E-state index is 13.5. The molecule has 196 valence electrons. The van der Waals surface area contributed by atoms with Crippen LogP contribution >= 0.6 is 23.2 Å². The van der Waals surface area contributed by atoms with Crippen molar-refractivity contribution >= 4 is 56.7 Å². The topological polar surface area (TPSA) is 85.3 Å². The zero-order valence-corrected chi connectivity index (χ0v) is 22.7. The van der Waals surface area contributed by atoms with Crippen molar-refractivity contribution in [3.05, 3.63) is 124 Å². The zero-order chi connectivity index (χ0) is 27.6. The molecule has 1 aliphatic heterocycles. The fraction of sp³-hybridized carbons (Fsp3) is 0.0345. The van der Waals surface area contributed by atoms with Crippen molar-refractivity contribution in [1.82, 2.24) is 0 Å². The first-order valence-corrected chi connectivity index (χ1v) is 13.8. The molecule has 0 aromatic heterocycles. The molecule has 0 N–H and O–H groups in total. The number of anilines is 1. The highest BCUT2D eigenvalue weighted by Crippen LogP contribution is 2.39. The number of methoxy groups -OCH3 is 1. The smallest absolute Gasteiger partial charge is 0.339 e. The molecule has 1 amide bonds. The minimum Gasteiger partial charge on any atom is -0.493 e. The standard InChI is InChI=1S/C29H20Cl2N2O5S/c1-37-26-18-19(17-25(31)28(26)38-39(35,36)23-14-12-21(30)13-15-23)16-24-27(20-8-4-2-5-9-20)32-33(29(24)34)22-10-6-3-7-11-22/h2-18H,1H3/b24-16-. The molecule has 39 heavy (non-hydrogen) atoms. The molecule has 4 aromatic carbocycles. The second-order valence-electron chi connectivity index (χ2n) is 8.35. The van der Waals surface area contributed by atoms with Crippen molar-refractivity contribution in [3.63, 3.8) is 0 Å². The van der Waals surface area contributed by atoms with Gasteiger partial charge in [0.2, 0.25) is 5.75 Å². The third-order valence-corrected chi connectivity index (χ3v) is 7.55. The van der Waals surface area contributed by atoms with Crippen LogP contribution in [-0.4, -0.2) is 27.1 Å². The van der Waals surface area contributed by atoms with Gasteiger partial charge in [-0.25, -0.2) is 0 Å². The molecule has 7 nitrogen and oxygen atoms in total. The molecule has 0 saturated heterocycles. The fourth-order valence-corrected chi connectivity index (χ4v) is 5.31. The number of amides is 1. The highest BCUT2D eigenvalue weighted by atomic mass is 35.5. The molecule has 0 spiro atoms. The Morgan fingerprint density at radius 2 is 1.51 bits per heavy atom. The number of benzene rings is 4. The van der Waals surface area contributed by atoms with Crippen molar-refractivity contribution in [2.75, 3.05) is 12.1 Å². The van der Waals surface area contributed by atoms with Gasteiger partial charge < -0.3 is 8.92 Å². The minimum absolute atomic E-state index is 0.0256. The number of hydrogen-bond donors (Lipinski definition) is 0. The van der Waals surface area contributed by atoms with Crippen LogP contribution in [0.4, 0.5) is 5.69 Å². The first-order chi connectivity index (χ1) is 18.8. The molecule has 0 saturated carbocycles. The Morgan fingerprint density at radius 1 is 0.872 bits per heavy atom. The summed E-state index contributed by atoms with van der Waals surface area (Å²) in [7, 11) is -2.87. The number of hydrazone groups is 1. The molecule has 1 heterocycles. The van der Waals surface area contributed by atoms with E-state index >= 15 is 0 Å². The lowest BCUT2D eigenvalue weighted by atomic mass is 10.00. The summed E-state index contributed by atoms with van der Waals surface area (Å²) in [5.74, 6) is -0.451. The summed E-state index contributed by atoms with van der Waals surface area (Å²) in [6, 6.07) is 27.0. The lowest BCUT2D eigenvalue weighted by Gasteiger charge is -2.14. The fourth-order valence-electron chi connectivity index (χ4n) is 3.93. The molecule has 5 rings (SSSR count). The van der Waals surface area contributed by atoms with Gasteiger partial charge in [-0.2, -0.15) is 18.5 Å². The van der Waals surface area contributed by atoms with E-state index in [0.717, 1.165) is 5.56 Å². The Morgan fingerprint density at radius 3 is 2.15 bits per heavy atom. The van der Waals surface area contributed by atoms with Gasteiger partial charge in [0.25, 0.3) is 5.91 Å². The molecule has 0 aliphatic carbocycles. The quantitative estimate of drug-likeness (QED) is 0.182. The average Bonchev–Trinajstić information content (AvgIpc) is 3.26. The molecular formula is C29H20Cl2N2O5S. The third kappa shape index (κ3) is 5.54. The molecule has 0 atom stereocenters. The largest absolute Gasteiger partial charge is 0.493 e. The van der Waals surface area contributed by atoms with Crippen LogP contribution in [0.15, 0.2) is 113 Å². The van der Waals surface area contributed by atoms with Crippen LogP contribution in [-0.2, 0) is 14.9 Å². The van der Waals surface area contributed by atoms with Crippen LogP contribution in [0.25, 0.3) is 6.08 Å². The van der Waals surface area contributed by atoms with Gasteiger partial charge in [0.1, 0.15) is 10.6 Å². The second kappa shape index (κ2) is 10.9. The van der Waals surface area contributed by atoms with E-state index in [9.17, 15) is 13.2 Å². The van der Waals surface area contributed by atoms with Crippen molar-refractivity contribution in [2.24, 2.45) is 5.10 Å². The molecule has 0 radical (unpaired) electrons.